The molecule has 0 aromatic carbocycles. The van der Waals surface area contributed by atoms with Crippen LogP contribution in [0.5, 0.6) is 0 Å². The van der Waals surface area contributed by atoms with Crippen LogP contribution >= 0.6 is 11.3 Å². The molecule has 1 heterocycles. The molecule has 0 aliphatic heterocycles. The van der Waals surface area contributed by atoms with Gasteiger partial charge in [0.15, 0.2) is 4.21 Å². The van der Waals surface area contributed by atoms with Crippen molar-refractivity contribution in [2.75, 3.05) is 13.2 Å². The number of rotatable bonds is 5. The lowest BCUT2D eigenvalue weighted by Crippen LogP contribution is -2.40. The van der Waals surface area contributed by atoms with E-state index in [0.29, 0.717) is 17.0 Å². The van der Waals surface area contributed by atoms with Gasteiger partial charge in [-0.2, -0.15) is 4.31 Å². The van der Waals surface area contributed by atoms with Gasteiger partial charge >= 0.3 is 4.87 Å². The first-order valence-electron chi connectivity index (χ1n) is 6.29. The van der Waals surface area contributed by atoms with Gasteiger partial charge in [0.1, 0.15) is 0 Å². The van der Waals surface area contributed by atoms with Crippen molar-refractivity contribution in [3.63, 3.8) is 0 Å². The maximum Gasteiger partial charge on any atom is 0.305 e. The Hall–Kier alpha value is -0.700. The highest BCUT2D eigenvalue weighted by Gasteiger charge is 2.35. The summed E-state index contributed by atoms with van der Waals surface area (Å²) in [6, 6.07) is -0.0613. The molecule has 1 aliphatic carbocycles. The molecule has 1 saturated carbocycles. The molecule has 8 heteroatoms. The molecule has 2 rings (SSSR count). The number of aromatic nitrogens is 1. The highest BCUT2D eigenvalue weighted by atomic mass is 32.2. The minimum atomic E-state index is -3.70. The number of nitrogens with zero attached hydrogens (tertiary/aromatic N) is 1. The van der Waals surface area contributed by atoms with Crippen molar-refractivity contribution in [3.8, 4) is 0 Å². The number of H-pyrrole nitrogens is 1. The Morgan fingerprint density at radius 2 is 2.05 bits per heavy atom. The molecule has 1 aliphatic rings. The van der Waals surface area contributed by atoms with E-state index in [1.165, 1.54) is 4.31 Å². The lowest BCUT2D eigenvalue weighted by molar-refractivity contribution is 0.226. The average Bonchev–Trinajstić information content (AvgIpc) is 2.95. The minimum Gasteiger partial charge on any atom is -0.395 e. The second kappa shape index (κ2) is 5.74. The summed E-state index contributed by atoms with van der Waals surface area (Å²) in [4.78, 5) is 13.4. The number of aliphatic hydroxyl groups excluding tert-OH is 1. The zero-order chi connectivity index (χ0) is 14.0. The zero-order valence-corrected chi connectivity index (χ0v) is 12.4. The van der Waals surface area contributed by atoms with E-state index in [9.17, 15) is 13.2 Å². The molecule has 0 unspecified atom stereocenters. The molecule has 1 aromatic heterocycles. The van der Waals surface area contributed by atoms with E-state index in [4.69, 9.17) is 5.11 Å². The molecule has 6 nitrogen and oxygen atoms in total. The summed E-state index contributed by atoms with van der Waals surface area (Å²) in [7, 11) is -3.70. The maximum atomic E-state index is 12.6. The first-order valence-corrected chi connectivity index (χ1v) is 8.55. The second-order valence-electron chi connectivity index (χ2n) is 4.70. The Balaban J connectivity index is 2.39. The fourth-order valence-corrected chi connectivity index (χ4v) is 5.62. The van der Waals surface area contributed by atoms with Crippen molar-refractivity contribution in [1.82, 2.24) is 9.29 Å². The van der Waals surface area contributed by atoms with Crippen molar-refractivity contribution in [2.45, 2.75) is 42.9 Å². The Labute approximate surface area is 116 Å². The van der Waals surface area contributed by atoms with Crippen LogP contribution in [0.1, 0.15) is 31.4 Å². The van der Waals surface area contributed by atoms with Crippen LogP contribution in [-0.2, 0) is 10.0 Å². The Morgan fingerprint density at radius 1 is 1.42 bits per heavy atom. The van der Waals surface area contributed by atoms with Crippen molar-refractivity contribution in [2.24, 2.45) is 0 Å². The average molecular weight is 306 g/mol. The van der Waals surface area contributed by atoms with Crippen molar-refractivity contribution in [3.05, 3.63) is 15.4 Å². The van der Waals surface area contributed by atoms with Crippen LogP contribution in [-0.4, -0.2) is 42.0 Å². The van der Waals surface area contributed by atoms with Gasteiger partial charge in [-0.1, -0.05) is 24.2 Å². The van der Waals surface area contributed by atoms with Crippen LogP contribution in [0.15, 0.2) is 9.00 Å². The van der Waals surface area contributed by atoms with E-state index in [2.05, 4.69) is 4.98 Å². The molecule has 2 N–H and O–H groups in total. The van der Waals surface area contributed by atoms with Gasteiger partial charge in [0.05, 0.1) is 6.61 Å². The SMILES string of the molecule is Cc1[nH]c(=O)sc1S(=O)(=O)N(CCO)C1CCCC1. The number of hydrogen-bond acceptors (Lipinski definition) is 5. The van der Waals surface area contributed by atoms with E-state index in [1.807, 2.05) is 0 Å². The standard InChI is InChI=1S/C11H18N2O4S2/c1-8-10(18-11(15)12-8)19(16,17)13(6-7-14)9-4-2-3-5-9/h9,14H,2-7H2,1H3,(H,12,15). The molecule has 1 aromatic rings. The number of aryl methyl sites for hydroxylation is 1. The predicted octanol–water partition coefficient (Wildman–Crippen LogP) is 0.670. The van der Waals surface area contributed by atoms with Gasteiger partial charge in [-0.15, -0.1) is 0 Å². The van der Waals surface area contributed by atoms with Crippen LogP contribution < -0.4 is 4.87 Å². The van der Waals surface area contributed by atoms with Crippen molar-refractivity contribution in [1.29, 1.82) is 0 Å². The largest absolute Gasteiger partial charge is 0.395 e. The van der Waals surface area contributed by atoms with Gasteiger partial charge in [0.2, 0.25) is 0 Å². The van der Waals surface area contributed by atoms with Crippen molar-refractivity contribution < 1.29 is 13.5 Å². The van der Waals surface area contributed by atoms with Gasteiger partial charge in [-0.25, -0.2) is 8.42 Å². The topological polar surface area (TPSA) is 90.5 Å². The summed E-state index contributed by atoms with van der Waals surface area (Å²) < 4.78 is 26.6. The highest BCUT2D eigenvalue weighted by molar-refractivity contribution is 7.91. The third kappa shape index (κ3) is 2.91. The molecule has 0 saturated heterocycles. The fourth-order valence-electron chi connectivity index (χ4n) is 2.53. The third-order valence-electron chi connectivity index (χ3n) is 3.38. The fraction of sp³-hybridized carbons (Fsp3) is 0.727. The van der Waals surface area contributed by atoms with E-state index in [1.54, 1.807) is 6.92 Å². The zero-order valence-electron chi connectivity index (χ0n) is 10.8. The minimum absolute atomic E-state index is 0.0613. The molecule has 108 valence electrons. The maximum absolute atomic E-state index is 12.6. The number of aliphatic hydroxyl groups is 1. The van der Waals surface area contributed by atoms with E-state index >= 15 is 0 Å². The molecule has 0 bridgehead atoms. The number of aromatic amines is 1. The number of hydrogen-bond donors (Lipinski definition) is 2. The van der Waals surface area contributed by atoms with Crippen LogP contribution in [0.4, 0.5) is 0 Å². The van der Waals surface area contributed by atoms with E-state index in [-0.39, 0.29) is 28.3 Å². The van der Waals surface area contributed by atoms with E-state index in [0.717, 1.165) is 25.7 Å². The van der Waals surface area contributed by atoms with E-state index < -0.39 is 10.0 Å². The lowest BCUT2D eigenvalue weighted by atomic mass is 10.2. The summed E-state index contributed by atoms with van der Waals surface area (Å²) in [5.74, 6) is 0. The monoisotopic (exact) mass is 306 g/mol. The quantitative estimate of drug-likeness (QED) is 0.836. The molecule has 0 atom stereocenters. The predicted molar refractivity (Wildman–Crippen MR) is 72.9 cm³/mol. The van der Waals surface area contributed by atoms with Crippen LogP contribution in [0.25, 0.3) is 0 Å². The first-order chi connectivity index (χ1) is 8.96. The van der Waals surface area contributed by atoms with Crippen molar-refractivity contribution >= 4 is 21.4 Å². The normalized spacial score (nSPS) is 17.4. The van der Waals surface area contributed by atoms with Gasteiger partial charge in [0.25, 0.3) is 10.0 Å². The van der Waals surface area contributed by atoms with Gasteiger partial charge in [0, 0.05) is 18.3 Å². The molecule has 0 spiro atoms. The van der Waals surface area contributed by atoms with Crippen LogP contribution in [0.2, 0.25) is 0 Å². The molecular weight excluding hydrogens is 288 g/mol. The molecular formula is C11H18N2O4S2. The molecule has 0 amide bonds. The smallest absolute Gasteiger partial charge is 0.305 e. The van der Waals surface area contributed by atoms with Gasteiger partial charge < -0.3 is 10.1 Å². The third-order valence-corrected chi connectivity index (χ3v) is 6.91. The summed E-state index contributed by atoms with van der Waals surface area (Å²) in [5.41, 5.74) is 0.371. The van der Waals surface area contributed by atoms with Crippen LogP contribution in [0.3, 0.4) is 0 Å². The number of sulfonamides is 1. The molecule has 0 radical (unpaired) electrons. The van der Waals surface area contributed by atoms with Crippen LogP contribution in [0, 0.1) is 6.92 Å². The summed E-state index contributed by atoms with van der Waals surface area (Å²) >= 11 is 0.712. The Morgan fingerprint density at radius 3 is 2.53 bits per heavy atom. The Bertz CT molecular complexity index is 584. The first kappa shape index (κ1) is 14.7. The highest BCUT2D eigenvalue weighted by Crippen LogP contribution is 2.30. The van der Waals surface area contributed by atoms with Gasteiger partial charge in [-0.3, -0.25) is 4.79 Å². The second-order valence-corrected chi connectivity index (χ2v) is 7.77. The van der Waals surface area contributed by atoms with Gasteiger partial charge in [-0.05, 0) is 19.8 Å². The molecule has 19 heavy (non-hydrogen) atoms. The number of nitrogens with one attached hydrogen (secondary N) is 1. The summed E-state index contributed by atoms with van der Waals surface area (Å²) in [6.45, 7) is 1.45. The number of thiazole rings is 1. The summed E-state index contributed by atoms with van der Waals surface area (Å²) in [5, 5.41) is 9.11. The Kier molecular flexibility index (Phi) is 4.44. The summed E-state index contributed by atoms with van der Waals surface area (Å²) in [6.07, 6.45) is 3.64. The molecule has 1 fully saturated rings. The lowest BCUT2D eigenvalue weighted by Gasteiger charge is -2.26.